The molecule has 2 N–H and O–H groups in total. The number of ketones is 1. The number of nitrogens with zero attached hydrogens (tertiary/aromatic N) is 1. The second-order valence-electron chi connectivity index (χ2n) is 9.83. The minimum atomic E-state index is -0.710. The number of carbonyl (C=O) groups excluding carboxylic acids is 5. The second-order valence-corrected chi connectivity index (χ2v) is 9.83. The average molecular weight is 452 g/mol. The molecular weight excluding hydrogens is 410 g/mol. The zero-order valence-electron chi connectivity index (χ0n) is 20.7. The third kappa shape index (κ3) is 8.02. The van der Waals surface area contributed by atoms with Gasteiger partial charge in [0.15, 0.2) is 5.78 Å². The Bertz CT molecular complexity index is 702. The summed E-state index contributed by atoms with van der Waals surface area (Å²) >= 11 is 0. The third-order valence-corrected chi connectivity index (χ3v) is 5.99. The molecule has 0 aliphatic carbocycles. The molecule has 1 heterocycles. The van der Waals surface area contributed by atoms with Crippen molar-refractivity contribution in [1.82, 2.24) is 15.5 Å². The molecule has 1 rings (SSSR count). The van der Waals surface area contributed by atoms with Crippen molar-refractivity contribution in [2.45, 2.75) is 92.7 Å². The summed E-state index contributed by atoms with van der Waals surface area (Å²) in [6.07, 6.45) is 2.50. The quantitative estimate of drug-likeness (QED) is 0.330. The van der Waals surface area contributed by atoms with E-state index >= 15 is 0 Å². The Morgan fingerprint density at radius 2 is 1.56 bits per heavy atom. The number of nitrogens with one attached hydrogen (secondary N) is 2. The number of hydrogen-bond donors (Lipinski definition) is 2. The van der Waals surface area contributed by atoms with E-state index in [0.29, 0.717) is 32.2 Å². The van der Waals surface area contributed by atoms with Crippen molar-refractivity contribution in [3.63, 3.8) is 0 Å². The molecule has 8 nitrogen and oxygen atoms in total. The van der Waals surface area contributed by atoms with Crippen molar-refractivity contribution in [1.29, 1.82) is 0 Å². The fourth-order valence-corrected chi connectivity index (χ4v) is 3.85. The first-order valence-electron chi connectivity index (χ1n) is 11.8. The van der Waals surface area contributed by atoms with Crippen LogP contribution < -0.4 is 10.6 Å². The number of unbranched alkanes of at least 4 members (excludes halogenated alkanes) is 2. The fraction of sp³-hybridized carbons (Fsp3) is 0.792. The molecule has 3 atom stereocenters. The normalized spacial score (nSPS) is 18.4. The highest BCUT2D eigenvalue weighted by atomic mass is 16.2. The number of amides is 4. The molecule has 1 aliphatic heterocycles. The van der Waals surface area contributed by atoms with Crippen LogP contribution >= 0.6 is 0 Å². The summed E-state index contributed by atoms with van der Waals surface area (Å²) in [6.45, 7) is 13.2. The molecule has 0 saturated carbocycles. The largest absolute Gasteiger partial charge is 0.345 e. The van der Waals surface area contributed by atoms with Crippen LogP contribution in [0.15, 0.2) is 0 Å². The summed E-state index contributed by atoms with van der Waals surface area (Å²) in [5.74, 6) is -1.21. The van der Waals surface area contributed by atoms with E-state index in [9.17, 15) is 24.0 Å². The summed E-state index contributed by atoms with van der Waals surface area (Å²) in [7, 11) is 0. The Hall–Kier alpha value is -2.25. The van der Waals surface area contributed by atoms with Crippen LogP contribution in [0, 0.1) is 23.7 Å². The number of hydrogen-bond acceptors (Lipinski definition) is 5. The molecule has 182 valence electrons. The first-order valence-corrected chi connectivity index (χ1v) is 11.8. The highest BCUT2D eigenvalue weighted by Crippen LogP contribution is 2.26. The van der Waals surface area contributed by atoms with E-state index in [-0.39, 0.29) is 59.5 Å². The molecule has 0 aromatic heterocycles. The maximum Gasteiger partial charge on any atom is 0.243 e. The number of rotatable bonds is 13. The SMILES string of the molecule is CC(C)C(=O)[C@H](C)NC(=O)[C@@H](NC(=O)CCCCCN1C(=O)CC(C(C)C)C1=O)C(C)C. The van der Waals surface area contributed by atoms with Gasteiger partial charge in [-0.1, -0.05) is 48.0 Å². The molecule has 0 spiro atoms. The highest BCUT2D eigenvalue weighted by Gasteiger charge is 2.39. The highest BCUT2D eigenvalue weighted by molar-refractivity contribution is 6.03. The van der Waals surface area contributed by atoms with Crippen LogP contribution in [0.2, 0.25) is 0 Å². The lowest BCUT2D eigenvalue weighted by Crippen LogP contribution is -2.53. The third-order valence-electron chi connectivity index (χ3n) is 5.99. The van der Waals surface area contributed by atoms with Crippen molar-refractivity contribution >= 4 is 29.4 Å². The topological polar surface area (TPSA) is 113 Å². The Kier molecular flexibility index (Phi) is 11.0. The minimum Gasteiger partial charge on any atom is -0.345 e. The van der Waals surface area contributed by atoms with Crippen LogP contribution in [0.3, 0.4) is 0 Å². The zero-order valence-corrected chi connectivity index (χ0v) is 20.7. The summed E-state index contributed by atoms with van der Waals surface area (Å²) in [6, 6.07) is -1.32. The lowest BCUT2D eigenvalue weighted by molar-refractivity contribution is -0.140. The molecule has 32 heavy (non-hydrogen) atoms. The predicted molar refractivity (Wildman–Crippen MR) is 122 cm³/mol. The van der Waals surface area contributed by atoms with Crippen LogP contribution in [0.1, 0.15) is 80.6 Å². The van der Waals surface area contributed by atoms with Gasteiger partial charge in [0.2, 0.25) is 23.6 Å². The molecule has 0 aromatic carbocycles. The van der Waals surface area contributed by atoms with Crippen molar-refractivity contribution in [3.05, 3.63) is 0 Å². The molecule has 1 saturated heterocycles. The van der Waals surface area contributed by atoms with E-state index in [1.807, 2.05) is 27.7 Å². The van der Waals surface area contributed by atoms with E-state index in [1.165, 1.54) is 4.90 Å². The van der Waals surface area contributed by atoms with Gasteiger partial charge in [-0.25, -0.2) is 0 Å². The number of imide groups is 1. The Labute approximate surface area is 192 Å². The molecule has 8 heteroatoms. The smallest absolute Gasteiger partial charge is 0.243 e. The van der Waals surface area contributed by atoms with Crippen molar-refractivity contribution in [3.8, 4) is 0 Å². The van der Waals surface area contributed by atoms with E-state index in [4.69, 9.17) is 0 Å². The molecule has 1 unspecified atom stereocenters. The van der Waals surface area contributed by atoms with Gasteiger partial charge in [0.25, 0.3) is 0 Å². The first-order chi connectivity index (χ1) is 14.9. The van der Waals surface area contributed by atoms with Gasteiger partial charge in [-0.3, -0.25) is 28.9 Å². The van der Waals surface area contributed by atoms with E-state index < -0.39 is 12.1 Å². The molecule has 1 aliphatic rings. The molecule has 0 radical (unpaired) electrons. The monoisotopic (exact) mass is 451 g/mol. The molecule has 0 bridgehead atoms. The Morgan fingerprint density at radius 3 is 2.06 bits per heavy atom. The van der Waals surface area contributed by atoms with E-state index in [1.54, 1.807) is 20.8 Å². The average Bonchev–Trinajstić information content (AvgIpc) is 2.98. The number of likely N-dealkylation sites (tertiary alicyclic amines) is 1. The van der Waals surface area contributed by atoms with E-state index in [0.717, 1.165) is 0 Å². The summed E-state index contributed by atoms with van der Waals surface area (Å²) in [5, 5.41) is 5.48. The molecular formula is C24H41N3O5. The van der Waals surface area contributed by atoms with Crippen LogP contribution in [0.25, 0.3) is 0 Å². The maximum atomic E-state index is 12.6. The van der Waals surface area contributed by atoms with Gasteiger partial charge in [0, 0.05) is 31.2 Å². The Morgan fingerprint density at radius 1 is 0.938 bits per heavy atom. The number of Topliss-reactive ketones (excluding diaryl/α,β-unsaturated/α-hetero) is 1. The standard InChI is InChI=1S/C24H41N3O5/c1-14(2)18-13-20(29)27(24(18)32)12-10-8-9-11-19(28)26-21(15(3)4)23(31)25-17(7)22(30)16(5)6/h14-18,21H,8-13H2,1-7H3,(H,25,31)(H,26,28)/t17-,18?,21-/m0/s1. The maximum absolute atomic E-state index is 12.6. The predicted octanol–water partition coefficient (Wildman–Crippen LogP) is 2.45. The van der Waals surface area contributed by atoms with Crippen LogP contribution in [0.5, 0.6) is 0 Å². The van der Waals surface area contributed by atoms with Gasteiger partial charge in [0.05, 0.1) is 6.04 Å². The summed E-state index contributed by atoms with van der Waals surface area (Å²) in [5.41, 5.74) is 0. The van der Waals surface area contributed by atoms with E-state index in [2.05, 4.69) is 10.6 Å². The van der Waals surface area contributed by atoms with Crippen LogP contribution in [-0.4, -0.2) is 52.9 Å². The summed E-state index contributed by atoms with van der Waals surface area (Å²) in [4.78, 5) is 62.7. The van der Waals surface area contributed by atoms with Gasteiger partial charge >= 0.3 is 0 Å². The lowest BCUT2D eigenvalue weighted by Gasteiger charge is -2.24. The second kappa shape index (κ2) is 12.7. The summed E-state index contributed by atoms with van der Waals surface area (Å²) < 4.78 is 0. The van der Waals surface area contributed by atoms with Crippen molar-refractivity contribution in [2.24, 2.45) is 23.7 Å². The first kappa shape index (κ1) is 27.8. The molecule has 4 amide bonds. The number of carbonyl (C=O) groups is 5. The van der Waals surface area contributed by atoms with Crippen molar-refractivity contribution in [2.75, 3.05) is 6.54 Å². The van der Waals surface area contributed by atoms with Crippen LogP contribution in [0.4, 0.5) is 0 Å². The van der Waals surface area contributed by atoms with Gasteiger partial charge in [0.1, 0.15) is 6.04 Å². The fourth-order valence-electron chi connectivity index (χ4n) is 3.85. The minimum absolute atomic E-state index is 0.0538. The molecule has 1 fully saturated rings. The van der Waals surface area contributed by atoms with Crippen LogP contribution in [-0.2, 0) is 24.0 Å². The zero-order chi connectivity index (χ0) is 24.6. The van der Waals surface area contributed by atoms with Crippen molar-refractivity contribution < 1.29 is 24.0 Å². The molecule has 0 aromatic rings. The van der Waals surface area contributed by atoms with Gasteiger partial charge in [-0.15, -0.1) is 0 Å². The Balaban J connectivity index is 2.41. The van der Waals surface area contributed by atoms with Gasteiger partial charge < -0.3 is 10.6 Å². The van der Waals surface area contributed by atoms with Gasteiger partial charge in [-0.05, 0) is 31.6 Å². The van der Waals surface area contributed by atoms with Gasteiger partial charge in [-0.2, -0.15) is 0 Å². The lowest BCUT2D eigenvalue weighted by atomic mass is 9.94.